The van der Waals surface area contributed by atoms with Crippen LogP contribution >= 0.6 is 0 Å². The van der Waals surface area contributed by atoms with Crippen molar-refractivity contribution in [2.24, 2.45) is 0 Å². The average Bonchev–Trinajstić information content (AvgIpc) is 3.08. The second kappa shape index (κ2) is 11.8. The number of unbranched alkanes of at least 4 members (excludes halogenated alkanes) is 1. The monoisotopic (exact) mass is 373 g/mol. The van der Waals surface area contributed by atoms with Crippen LogP contribution in [0.2, 0.25) is 0 Å². The lowest BCUT2D eigenvalue weighted by molar-refractivity contribution is -0.119. The predicted octanol–water partition coefficient (Wildman–Crippen LogP) is 5.89. The molecule has 27 heavy (non-hydrogen) atoms. The number of ether oxygens (including phenoxy) is 1. The number of carbonyl (C=O) groups excluding carboxylic acids is 2. The molecule has 1 heterocycles. The molecule has 0 spiro atoms. The summed E-state index contributed by atoms with van der Waals surface area (Å²) in [7, 11) is 0. The van der Waals surface area contributed by atoms with Gasteiger partial charge < -0.3 is 9.64 Å². The summed E-state index contributed by atoms with van der Waals surface area (Å²) in [4.78, 5) is 26.6. The van der Waals surface area contributed by atoms with E-state index in [4.69, 9.17) is 4.74 Å². The molecule has 1 amide bonds. The third-order valence-electron chi connectivity index (χ3n) is 5.45. The summed E-state index contributed by atoms with van der Waals surface area (Å²) in [6.45, 7) is 4.54. The first-order valence-corrected chi connectivity index (χ1v) is 10.7. The first-order chi connectivity index (χ1) is 13.2. The van der Waals surface area contributed by atoms with E-state index in [1.54, 1.807) is 0 Å². The van der Waals surface area contributed by atoms with Crippen LogP contribution in [0.4, 0.5) is 4.79 Å². The minimum atomic E-state index is -0.192. The molecule has 1 aliphatic heterocycles. The number of nitrogens with zero attached hydrogens (tertiary/aromatic N) is 1. The van der Waals surface area contributed by atoms with Crippen LogP contribution in [0, 0.1) is 0 Å². The molecule has 0 bridgehead atoms. The molecule has 1 saturated heterocycles. The molecule has 0 aliphatic carbocycles. The highest BCUT2D eigenvalue weighted by Gasteiger charge is 2.37. The van der Waals surface area contributed by atoms with Gasteiger partial charge in [-0.25, -0.2) is 4.79 Å². The summed E-state index contributed by atoms with van der Waals surface area (Å²) in [5.41, 5.74) is 1.01. The number of Topliss-reactive ketones (excluding diaryl/α,β-unsaturated/α-hetero) is 1. The Morgan fingerprint density at radius 3 is 2.26 bits per heavy atom. The van der Waals surface area contributed by atoms with E-state index in [0.29, 0.717) is 25.2 Å². The fraction of sp³-hybridized carbons (Fsp3) is 0.652. The Hall–Kier alpha value is -1.84. The largest absolute Gasteiger partial charge is 0.445 e. The third kappa shape index (κ3) is 7.00. The van der Waals surface area contributed by atoms with E-state index in [2.05, 4.69) is 6.92 Å². The maximum absolute atomic E-state index is 12.8. The third-order valence-corrected chi connectivity index (χ3v) is 5.45. The summed E-state index contributed by atoms with van der Waals surface area (Å²) in [6, 6.07) is 10.3. The minimum Gasteiger partial charge on any atom is -0.445 e. The molecule has 0 radical (unpaired) electrons. The van der Waals surface area contributed by atoms with Crippen molar-refractivity contribution < 1.29 is 14.3 Å². The molecule has 0 aromatic heterocycles. The lowest BCUT2D eigenvalue weighted by Crippen LogP contribution is -2.41. The number of hydrogen-bond acceptors (Lipinski definition) is 3. The van der Waals surface area contributed by atoms with Gasteiger partial charge in [-0.2, -0.15) is 0 Å². The van der Waals surface area contributed by atoms with Crippen molar-refractivity contribution in [2.75, 3.05) is 0 Å². The van der Waals surface area contributed by atoms with Crippen LogP contribution in [0.1, 0.15) is 83.6 Å². The summed E-state index contributed by atoms with van der Waals surface area (Å²) >= 11 is 0. The number of amides is 1. The zero-order valence-corrected chi connectivity index (χ0v) is 17.0. The molecule has 1 fully saturated rings. The molecular weight excluding hydrogens is 338 g/mol. The SMILES string of the molecule is CCCCC1CCC(CCCC(=O)CCC)N1C(=O)OCc1ccccc1. The van der Waals surface area contributed by atoms with Gasteiger partial charge in [0.1, 0.15) is 12.4 Å². The van der Waals surface area contributed by atoms with Crippen LogP contribution in [0.15, 0.2) is 30.3 Å². The van der Waals surface area contributed by atoms with E-state index < -0.39 is 0 Å². The van der Waals surface area contributed by atoms with Gasteiger partial charge in [0.05, 0.1) is 0 Å². The maximum Gasteiger partial charge on any atom is 0.410 e. The van der Waals surface area contributed by atoms with E-state index in [0.717, 1.165) is 56.9 Å². The van der Waals surface area contributed by atoms with Crippen LogP contribution in [-0.4, -0.2) is 28.9 Å². The van der Waals surface area contributed by atoms with Crippen molar-refractivity contribution in [3.63, 3.8) is 0 Å². The fourth-order valence-corrected chi connectivity index (χ4v) is 4.00. The molecule has 2 unspecified atom stereocenters. The zero-order chi connectivity index (χ0) is 19.5. The Morgan fingerprint density at radius 1 is 0.963 bits per heavy atom. The Morgan fingerprint density at radius 2 is 1.63 bits per heavy atom. The molecule has 0 saturated carbocycles. The Balaban J connectivity index is 1.91. The van der Waals surface area contributed by atoms with Crippen LogP contribution in [0.25, 0.3) is 0 Å². The van der Waals surface area contributed by atoms with Crippen molar-refractivity contribution in [3.05, 3.63) is 35.9 Å². The van der Waals surface area contributed by atoms with E-state index in [9.17, 15) is 9.59 Å². The van der Waals surface area contributed by atoms with Gasteiger partial charge in [-0.1, -0.05) is 57.0 Å². The van der Waals surface area contributed by atoms with Crippen molar-refractivity contribution in [2.45, 2.75) is 96.7 Å². The Bertz CT molecular complexity index is 572. The molecule has 0 N–H and O–H groups in total. The van der Waals surface area contributed by atoms with E-state index in [-0.39, 0.29) is 18.2 Å². The van der Waals surface area contributed by atoms with Crippen LogP contribution < -0.4 is 0 Å². The molecule has 4 heteroatoms. The number of likely N-dealkylation sites (tertiary alicyclic amines) is 1. The molecule has 1 aliphatic rings. The zero-order valence-electron chi connectivity index (χ0n) is 17.0. The summed E-state index contributed by atoms with van der Waals surface area (Å²) in [5, 5.41) is 0. The minimum absolute atomic E-state index is 0.192. The number of carbonyl (C=O) groups is 2. The lowest BCUT2D eigenvalue weighted by Gasteiger charge is -2.30. The number of benzene rings is 1. The quantitative estimate of drug-likeness (QED) is 0.486. The van der Waals surface area contributed by atoms with Crippen molar-refractivity contribution in [1.29, 1.82) is 0 Å². The predicted molar refractivity (Wildman–Crippen MR) is 109 cm³/mol. The van der Waals surface area contributed by atoms with Crippen LogP contribution in [0.3, 0.4) is 0 Å². The van der Waals surface area contributed by atoms with Gasteiger partial charge in [0.2, 0.25) is 0 Å². The Labute approximate surface area is 164 Å². The van der Waals surface area contributed by atoms with Crippen molar-refractivity contribution in [3.8, 4) is 0 Å². The second-order valence-electron chi connectivity index (χ2n) is 7.66. The molecule has 1 aromatic carbocycles. The number of ketones is 1. The highest BCUT2D eigenvalue weighted by Crippen LogP contribution is 2.31. The smallest absolute Gasteiger partial charge is 0.410 e. The normalized spacial score (nSPS) is 19.3. The van der Waals surface area contributed by atoms with Crippen molar-refractivity contribution >= 4 is 11.9 Å². The lowest BCUT2D eigenvalue weighted by atomic mass is 10.0. The maximum atomic E-state index is 12.8. The van der Waals surface area contributed by atoms with Gasteiger partial charge in [0.25, 0.3) is 0 Å². The first kappa shape index (κ1) is 21.5. The number of hydrogen-bond donors (Lipinski definition) is 0. The summed E-state index contributed by atoms with van der Waals surface area (Å²) in [5.74, 6) is 0.344. The van der Waals surface area contributed by atoms with E-state index >= 15 is 0 Å². The van der Waals surface area contributed by atoms with Gasteiger partial charge in [0.15, 0.2) is 0 Å². The van der Waals surface area contributed by atoms with Gasteiger partial charge >= 0.3 is 6.09 Å². The standard InChI is InChI=1S/C23H35NO3/c1-3-5-13-20-16-17-21(14-9-15-22(25)10-4-2)24(20)23(26)27-18-19-11-7-6-8-12-19/h6-8,11-12,20-21H,3-5,9-10,13-18H2,1-2H3. The molecule has 2 atom stereocenters. The van der Waals surface area contributed by atoms with Crippen LogP contribution in [0.5, 0.6) is 0 Å². The molecular formula is C23H35NO3. The first-order valence-electron chi connectivity index (χ1n) is 10.7. The topological polar surface area (TPSA) is 46.6 Å². The molecule has 150 valence electrons. The number of rotatable bonds is 11. The summed E-state index contributed by atoms with van der Waals surface area (Å²) in [6.07, 6.45) is 9.19. The summed E-state index contributed by atoms with van der Waals surface area (Å²) < 4.78 is 5.64. The van der Waals surface area contributed by atoms with Gasteiger partial charge in [-0.05, 0) is 44.1 Å². The van der Waals surface area contributed by atoms with Gasteiger partial charge in [-0.15, -0.1) is 0 Å². The fourth-order valence-electron chi connectivity index (χ4n) is 4.00. The van der Waals surface area contributed by atoms with E-state index in [1.807, 2.05) is 42.2 Å². The van der Waals surface area contributed by atoms with Crippen molar-refractivity contribution in [1.82, 2.24) is 4.90 Å². The van der Waals surface area contributed by atoms with Gasteiger partial charge in [0, 0.05) is 24.9 Å². The molecule has 2 rings (SSSR count). The second-order valence-corrected chi connectivity index (χ2v) is 7.66. The van der Waals surface area contributed by atoms with Gasteiger partial charge in [-0.3, -0.25) is 4.79 Å². The highest BCUT2D eigenvalue weighted by atomic mass is 16.6. The average molecular weight is 374 g/mol. The Kier molecular flexibility index (Phi) is 9.37. The molecule has 1 aromatic rings. The highest BCUT2D eigenvalue weighted by molar-refractivity contribution is 5.78. The molecule has 4 nitrogen and oxygen atoms in total. The van der Waals surface area contributed by atoms with E-state index in [1.165, 1.54) is 0 Å². The van der Waals surface area contributed by atoms with Crippen LogP contribution in [-0.2, 0) is 16.1 Å².